The molecular formula is C19H17N3O2. The Kier molecular flexibility index (Phi) is 3.34. The largest absolute Gasteiger partial charge is 0.454 e. The van der Waals surface area contributed by atoms with Crippen LogP contribution in [0.2, 0.25) is 0 Å². The van der Waals surface area contributed by atoms with Gasteiger partial charge in [0.2, 0.25) is 5.91 Å². The number of nitrogens with one attached hydrogen (secondary N) is 1. The fourth-order valence-electron chi connectivity index (χ4n) is 3.04. The molecule has 0 aliphatic carbocycles. The minimum atomic E-state index is -0.299. The average Bonchev–Trinajstić information content (AvgIpc) is 3.16. The number of carbonyl (C=O) groups is 1. The van der Waals surface area contributed by atoms with Gasteiger partial charge in [-0.25, -0.2) is 0 Å². The Morgan fingerprint density at radius 3 is 2.88 bits per heavy atom. The Balaban J connectivity index is 1.82. The Morgan fingerprint density at radius 2 is 2.08 bits per heavy atom. The maximum atomic E-state index is 11.2. The van der Waals surface area contributed by atoms with Crippen LogP contribution in [-0.4, -0.2) is 16.1 Å². The zero-order chi connectivity index (χ0) is 16.7. The number of rotatable bonds is 4. The monoisotopic (exact) mass is 319 g/mol. The molecule has 1 atom stereocenters. The Morgan fingerprint density at radius 1 is 1.25 bits per heavy atom. The van der Waals surface area contributed by atoms with E-state index in [2.05, 4.69) is 16.3 Å². The normalized spacial score (nSPS) is 12.7. The molecular weight excluding hydrogens is 302 g/mol. The third-order valence-electron chi connectivity index (χ3n) is 4.32. The van der Waals surface area contributed by atoms with Crippen LogP contribution in [0.3, 0.4) is 0 Å². The lowest BCUT2D eigenvalue weighted by Gasteiger charge is -2.09. The van der Waals surface area contributed by atoms with E-state index in [1.165, 1.54) is 0 Å². The molecule has 0 radical (unpaired) electrons. The fourth-order valence-corrected chi connectivity index (χ4v) is 3.04. The van der Waals surface area contributed by atoms with E-state index < -0.39 is 0 Å². The molecule has 2 aromatic carbocycles. The zero-order valence-electron chi connectivity index (χ0n) is 13.2. The van der Waals surface area contributed by atoms with Gasteiger partial charge >= 0.3 is 0 Å². The maximum absolute atomic E-state index is 11.2. The van der Waals surface area contributed by atoms with Gasteiger partial charge in [-0.2, -0.15) is 5.10 Å². The number of hydrogen-bond acceptors (Lipinski definition) is 3. The predicted octanol–water partition coefficient (Wildman–Crippen LogP) is 3.96. The van der Waals surface area contributed by atoms with Crippen molar-refractivity contribution >= 4 is 27.8 Å². The summed E-state index contributed by atoms with van der Waals surface area (Å²) in [5, 5.41) is 9.47. The number of carbonyl (C=O) groups excluding carboxylic acids is 1. The lowest BCUT2D eigenvalue weighted by Crippen LogP contribution is -2.13. The molecule has 3 N–H and O–H groups in total. The van der Waals surface area contributed by atoms with Crippen LogP contribution >= 0.6 is 0 Å². The molecule has 2 aromatic heterocycles. The SMILES string of the molecule is CC(CC(N)=O)c1ccc2[nH]nc(-c3cc4ccccc4o3)c2c1. The molecule has 0 fully saturated rings. The Labute approximate surface area is 138 Å². The Hall–Kier alpha value is -3.08. The van der Waals surface area contributed by atoms with E-state index in [1.54, 1.807) is 0 Å². The summed E-state index contributed by atoms with van der Waals surface area (Å²) in [5.74, 6) is 0.486. The van der Waals surface area contributed by atoms with Gasteiger partial charge in [-0.3, -0.25) is 9.89 Å². The van der Waals surface area contributed by atoms with Crippen molar-refractivity contribution in [2.75, 3.05) is 0 Å². The third-order valence-corrected chi connectivity index (χ3v) is 4.32. The van der Waals surface area contributed by atoms with E-state index in [4.69, 9.17) is 10.2 Å². The number of aromatic amines is 1. The molecule has 0 spiro atoms. The van der Waals surface area contributed by atoms with Gasteiger partial charge in [-0.1, -0.05) is 31.2 Å². The number of nitrogens with two attached hydrogens (primary N) is 1. The molecule has 4 aromatic rings. The van der Waals surface area contributed by atoms with Crippen LogP contribution in [-0.2, 0) is 4.79 Å². The highest BCUT2D eigenvalue weighted by molar-refractivity contribution is 5.94. The molecule has 120 valence electrons. The number of para-hydroxylation sites is 1. The van der Waals surface area contributed by atoms with Crippen molar-refractivity contribution in [3.05, 3.63) is 54.1 Å². The number of primary amides is 1. The average molecular weight is 319 g/mol. The summed E-state index contributed by atoms with van der Waals surface area (Å²) in [4.78, 5) is 11.2. The first-order valence-corrected chi connectivity index (χ1v) is 7.87. The zero-order valence-corrected chi connectivity index (χ0v) is 13.2. The quantitative estimate of drug-likeness (QED) is 0.597. The highest BCUT2D eigenvalue weighted by Gasteiger charge is 2.15. The van der Waals surface area contributed by atoms with Crippen molar-refractivity contribution in [1.82, 2.24) is 10.2 Å². The van der Waals surface area contributed by atoms with Gasteiger partial charge in [0.1, 0.15) is 11.3 Å². The van der Waals surface area contributed by atoms with E-state index in [0.29, 0.717) is 6.42 Å². The first-order chi connectivity index (χ1) is 11.6. The molecule has 1 amide bonds. The number of nitrogens with zero attached hydrogens (tertiary/aromatic N) is 1. The molecule has 24 heavy (non-hydrogen) atoms. The first kappa shape index (κ1) is 14.5. The second-order valence-electron chi connectivity index (χ2n) is 6.10. The number of amides is 1. The highest BCUT2D eigenvalue weighted by Crippen LogP contribution is 2.33. The number of H-pyrrole nitrogens is 1. The first-order valence-electron chi connectivity index (χ1n) is 7.87. The van der Waals surface area contributed by atoms with Crippen molar-refractivity contribution in [1.29, 1.82) is 0 Å². The van der Waals surface area contributed by atoms with Crippen LogP contribution in [0.5, 0.6) is 0 Å². The summed E-state index contributed by atoms with van der Waals surface area (Å²) in [6.07, 6.45) is 0.323. The Bertz CT molecular complexity index is 1010. The van der Waals surface area contributed by atoms with E-state index in [9.17, 15) is 4.79 Å². The number of benzene rings is 2. The van der Waals surface area contributed by atoms with Crippen LogP contribution in [0.1, 0.15) is 24.8 Å². The fraction of sp³-hybridized carbons (Fsp3) is 0.158. The van der Waals surface area contributed by atoms with Crippen LogP contribution in [0, 0.1) is 0 Å². The third kappa shape index (κ3) is 2.44. The van der Waals surface area contributed by atoms with Crippen LogP contribution in [0.15, 0.2) is 52.9 Å². The molecule has 0 aliphatic rings. The molecule has 2 heterocycles. The van der Waals surface area contributed by atoms with Crippen molar-refractivity contribution in [2.45, 2.75) is 19.3 Å². The second-order valence-corrected chi connectivity index (χ2v) is 6.10. The summed E-state index contributed by atoms with van der Waals surface area (Å²) in [5.41, 5.74) is 8.91. The van der Waals surface area contributed by atoms with E-state index in [0.717, 1.165) is 38.9 Å². The molecule has 5 nitrogen and oxygen atoms in total. The summed E-state index contributed by atoms with van der Waals surface area (Å²) >= 11 is 0. The summed E-state index contributed by atoms with van der Waals surface area (Å²) < 4.78 is 5.93. The van der Waals surface area contributed by atoms with Gasteiger partial charge < -0.3 is 10.2 Å². The summed E-state index contributed by atoms with van der Waals surface area (Å²) in [6, 6.07) is 15.9. The van der Waals surface area contributed by atoms with Gasteiger partial charge in [0.15, 0.2) is 5.76 Å². The molecule has 5 heteroatoms. The van der Waals surface area contributed by atoms with E-state index in [-0.39, 0.29) is 11.8 Å². The standard InChI is InChI=1S/C19H17N3O2/c1-11(8-18(20)23)12-6-7-15-14(9-12)19(22-21-15)17-10-13-4-2-3-5-16(13)24-17/h2-7,9-11H,8H2,1H3,(H2,20,23)(H,21,22). The van der Waals surface area contributed by atoms with Crippen molar-refractivity contribution in [3.63, 3.8) is 0 Å². The van der Waals surface area contributed by atoms with Gasteiger partial charge in [0, 0.05) is 17.2 Å². The summed E-state index contributed by atoms with van der Waals surface area (Å²) in [6.45, 7) is 1.99. The number of fused-ring (bicyclic) bond motifs is 2. The smallest absolute Gasteiger partial charge is 0.218 e. The van der Waals surface area contributed by atoms with Crippen molar-refractivity contribution in [2.24, 2.45) is 5.73 Å². The maximum Gasteiger partial charge on any atom is 0.218 e. The van der Waals surface area contributed by atoms with Gasteiger partial charge in [-0.15, -0.1) is 0 Å². The second kappa shape index (κ2) is 5.53. The molecule has 1 unspecified atom stereocenters. The van der Waals surface area contributed by atoms with Crippen LogP contribution in [0.25, 0.3) is 33.3 Å². The molecule has 0 saturated heterocycles. The lowest BCUT2D eigenvalue weighted by atomic mass is 9.96. The minimum Gasteiger partial charge on any atom is -0.454 e. The predicted molar refractivity (Wildman–Crippen MR) is 93.5 cm³/mol. The van der Waals surface area contributed by atoms with Gasteiger partial charge in [-0.05, 0) is 35.7 Å². The van der Waals surface area contributed by atoms with Crippen molar-refractivity contribution in [3.8, 4) is 11.5 Å². The van der Waals surface area contributed by atoms with E-state index in [1.807, 2.05) is 49.4 Å². The number of aromatic nitrogens is 2. The minimum absolute atomic E-state index is 0.0605. The van der Waals surface area contributed by atoms with Crippen molar-refractivity contribution < 1.29 is 9.21 Å². The lowest BCUT2D eigenvalue weighted by molar-refractivity contribution is -0.118. The number of furan rings is 1. The van der Waals surface area contributed by atoms with Gasteiger partial charge in [0.05, 0.1) is 5.52 Å². The number of hydrogen-bond donors (Lipinski definition) is 2. The highest BCUT2D eigenvalue weighted by atomic mass is 16.3. The molecule has 0 aliphatic heterocycles. The molecule has 0 saturated carbocycles. The topological polar surface area (TPSA) is 84.9 Å². The molecule has 4 rings (SSSR count). The molecule has 0 bridgehead atoms. The summed E-state index contributed by atoms with van der Waals surface area (Å²) in [7, 11) is 0. The van der Waals surface area contributed by atoms with Crippen LogP contribution < -0.4 is 5.73 Å². The van der Waals surface area contributed by atoms with E-state index >= 15 is 0 Å². The van der Waals surface area contributed by atoms with Crippen LogP contribution in [0.4, 0.5) is 0 Å². The van der Waals surface area contributed by atoms with Gasteiger partial charge in [0.25, 0.3) is 0 Å².